The zero-order valence-corrected chi connectivity index (χ0v) is 19.5. The average Bonchev–Trinajstić information content (AvgIpc) is 3.00. The van der Waals surface area contributed by atoms with Gasteiger partial charge in [-0.25, -0.2) is 0 Å². The third kappa shape index (κ3) is 5.76. The SMILES string of the molecule is CCCOc1ccc(NC(=O)CC2C(=O)N(C)C(=S)N2CCc2ccc(OC)cc2)cc1. The zero-order chi connectivity index (χ0) is 23.1. The van der Waals surface area contributed by atoms with Crippen LogP contribution in [0, 0.1) is 0 Å². The Morgan fingerprint density at radius 2 is 1.75 bits per heavy atom. The molecule has 0 aromatic heterocycles. The largest absolute Gasteiger partial charge is 0.497 e. The number of hydrogen-bond acceptors (Lipinski definition) is 5. The van der Waals surface area contributed by atoms with Gasteiger partial charge in [-0.05, 0) is 67.0 Å². The van der Waals surface area contributed by atoms with Crippen molar-refractivity contribution in [2.45, 2.75) is 32.2 Å². The Balaban J connectivity index is 1.61. The van der Waals surface area contributed by atoms with E-state index < -0.39 is 6.04 Å². The van der Waals surface area contributed by atoms with Crippen LogP contribution >= 0.6 is 12.2 Å². The van der Waals surface area contributed by atoms with Crippen molar-refractivity contribution >= 4 is 34.8 Å². The first-order valence-electron chi connectivity index (χ1n) is 10.7. The highest BCUT2D eigenvalue weighted by Crippen LogP contribution is 2.22. The second-order valence-corrected chi connectivity index (χ2v) is 7.98. The van der Waals surface area contributed by atoms with Crippen LogP contribution in [0.2, 0.25) is 0 Å². The fourth-order valence-corrected chi connectivity index (χ4v) is 3.82. The number of hydrogen-bond donors (Lipinski definition) is 1. The molecule has 1 N–H and O–H groups in total. The van der Waals surface area contributed by atoms with E-state index in [-0.39, 0.29) is 18.2 Å². The molecule has 1 atom stereocenters. The normalized spacial score (nSPS) is 15.8. The summed E-state index contributed by atoms with van der Waals surface area (Å²) in [4.78, 5) is 28.7. The number of nitrogens with zero attached hydrogens (tertiary/aromatic N) is 2. The van der Waals surface area contributed by atoms with Gasteiger partial charge in [-0.2, -0.15) is 0 Å². The van der Waals surface area contributed by atoms with Gasteiger partial charge in [0.2, 0.25) is 5.91 Å². The van der Waals surface area contributed by atoms with E-state index in [0.29, 0.717) is 30.4 Å². The van der Waals surface area contributed by atoms with Crippen LogP contribution in [0.15, 0.2) is 48.5 Å². The minimum atomic E-state index is -0.613. The van der Waals surface area contributed by atoms with Gasteiger partial charge in [0.15, 0.2) is 5.11 Å². The molecular formula is C24H29N3O4S. The van der Waals surface area contributed by atoms with Crippen molar-refractivity contribution in [3.63, 3.8) is 0 Å². The molecule has 2 amide bonds. The molecule has 3 rings (SSSR count). The lowest BCUT2D eigenvalue weighted by atomic mass is 10.1. The van der Waals surface area contributed by atoms with Gasteiger partial charge in [-0.3, -0.25) is 14.5 Å². The molecule has 32 heavy (non-hydrogen) atoms. The maximum absolute atomic E-state index is 12.7. The number of benzene rings is 2. The summed E-state index contributed by atoms with van der Waals surface area (Å²) in [5.74, 6) is 1.15. The monoisotopic (exact) mass is 455 g/mol. The molecule has 1 aliphatic rings. The van der Waals surface area contributed by atoms with Gasteiger partial charge in [0.1, 0.15) is 17.5 Å². The Bertz CT molecular complexity index is 947. The lowest BCUT2D eigenvalue weighted by molar-refractivity contribution is -0.130. The first kappa shape index (κ1) is 23.5. The molecule has 1 heterocycles. The fraction of sp³-hybridized carbons (Fsp3) is 0.375. The number of anilines is 1. The van der Waals surface area contributed by atoms with Crippen molar-refractivity contribution in [3.05, 3.63) is 54.1 Å². The number of likely N-dealkylation sites (N-methyl/N-ethyl adjacent to an activating group) is 1. The Morgan fingerprint density at radius 1 is 1.09 bits per heavy atom. The second-order valence-electron chi connectivity index (χ2n) is 7.61. The quantitative estimate of drug-likeness (QED) is 0.553. The molecule has 0 spiro atoms. The maximum atomic E-state index is 12.7. The Kier molecular flexibility index (Phi) is 8.05. The van der Waals surface area contributed by atoms with Crippen molar-refractivity contribution < 1.29 is 19.1 Å². The molecule has 0 aliphatic carbocycles. The van der Waals surface area contributed by atoms with Crippen LogP contribution in [0.4, 0.5) is 5.69 Å². The predicted molar refractivity (Wildman–Crippen MR) is 128 cm³/mol. The lowest BCUT2D eigenvalue weighted by Crippen LogP contribution is -2.39. The van der Waals surface area contributed by atoms with Crippen molar-refractivity contribution in [1.82, 2.24) is 9.80 Å². The number of carbonyl (C=O) groups is 2. The number of ether oxygens (including phenoxy) is 2. The van der Waals surface area contributed by atoms with Crippen molar-refractivity contribution in [3.8, 4) is 11.5 Å². The van der Waals surface area contributed by atoms with Crippen LogP contribution in [-0.4, -0.2) is 60.1 Å². The van der Waals surface area contributed by atoms with E-state index in [1.54, 1.807) is 26.3 Å². The summed E-state index contributed by atoms with van der Waals surface area (Å²) in [5, 5.41) is 3.30. The molecule has 170 valence electrons. The first-order valence-corrected chi connectivity index (χ1v) is 11.1. The highest BCUT2D eigenvalue weighted by Gasteiger charge is 2.41. The van der Waals surface area contributed by atoms with E-state index >= 15 is 0 Å². The molecule has 1 aliphatic heterocycles. The fourth-order valence-electron chi connectivity index (χ4n) is 3.51. The Hall–Kier alpha value is -3.13. The lowest BCUT2D eigenvalue weighted by Gasteiger charge is -2.23. The van der Waals surface area contributed by atoms with Crippen molar-refractivity contribution in [2.24, 2.45) is 0 Å². The topological polar surface area (TPSA) is 71.1 Å². The molecule has 7 nitrogen and oxygen atoms in total. The van der Waals surface area contributed by atoms with Crippen molar-refractivity contribution in [2.75, 3.05) is 32.6 Å². The standard InChI is InChI=1S/C24H29N3O4S/c1-4-15-31-20-11-7-18(8-12-20)25-22(28)16-21-23(29)26(2)24(32)27(21)14-13-17-5-9-19(30-3)10-6-17/h5-12,21H,4,13-16H2,1-3H3,(H,25,28). The average molecular weight is 456 g/mol. The van der Waals surface area contributed by atoms with Crippen LogP contribution in [0.25, 0.3) is 0 Å². The summed E-state index contributed by atoms with van der Waals surface area (Å²) >= 11 is 5.47. The Morgan fingerprint density at radius 3 is 2.38 bits per heavy atom. The number of nitrogens with one attached hydrogen (secondary N) is 1. The van der Waals surface area contributed by atoms with E-state index in [9.17, 15) is 9.59 Å². The highest BCUT2D eigenvalue weighted by molar-refractivity contribution is 7.80. The van der Waals surface area contributed by atoms with Gasteiger partial charge in [-0.15, -0.1) is 0 Å². The number of carbonyl (C=O) groups excluding carboxylic acids is 2. The third-order valence-electron chi connectivity index (χ3n) is 5.31. The summed E-state index contributed by atoms with van der Waals surface area (Å²) in [6.07, 6.45) is 1.65. The molecule has 0 radical (unpaired) electrons. The van der Waals surface area contributed by atoms with E-state index in [2.05, 4.69) is 5.32 Å². The summed E-state index contributed by atoms with van der Waals surface area (Å²) in [6, 6.07) is 14.4. The summed E-state index contributed by atoms with van der Waals surface area (Å²) in [7, 11) is 3.28. The van der Waals surface area contributed by atoms with Gasteiger partial charge in [0.25, 0.3) is 5.91 Å². The van der Waals surface area contributed by atoms with E-state index in [1.165, 1.54) is 4.90 Å². The van der Waals surface area contributed by atoms with Crippen LogP contribution in [0.1, 0.15) is 25.3 Å². The van der Waals surface area contributed by atoms with Gasteiger partial charge in [-0.1, -0.05) is 19.1 Å². The van der Waals surface area contributed by atoms with E-state index in [0.717, 1.165) is 23.5 Å². The van der Waals surface area contributed by atoms with Crippen LogP contribution in [0.5, 0.6) is 11.5 Å². The highest BCUT2D eigenvalue weighted by atomic mass is 32.1. The zero-order valence-electron chi connectivity index (χ0n) is 18.7. The van der Waals surface area contributed by atoms with Crippen molar-refractivity contribution in [1.29, 1.82) is 0 Å². The molecule has 2 aromatic rings. The van der Waals surface area contributed by atoms with Gasteiger partial charge in [0, 0.05) is 19.3 Å². The molecular weight excluding hydrogens is 426 g/mol. The predicted octanol–water partition coefficient (Wildman–Crippen LogP) is 3.48. The number of amides is 2. The van der Waals surface area contributed by atoms with Gasteiger partial charge in [0.05, 0.1) is 20.1 Å². The third-order valence-corrected chi connectivity index (χ3v) is 5.82. The minimum absolute atomic E-state index is 0.0278. The van der Waals surface area contributed by atoms with Crippen LogP contribution in [-0.2, 0) is 16.0 Å². The van der Waals surface area contributed by atoms with Crippen LogP contribution < -0.4 is 14.8 Å². The van der Waals surface area contributed by atoms with Gasteiger partial charge < -0.3 is 19.7 Å². The van der Waals surface area contributed by atoms with Crippen LogP contribution in [0.3, 0.4) is 0 Å². The maximum Gasteiger partial charge on any atom is 0.251 e. The minimum Gasteiger partial charge on any atom is -0.497 e. The number of methoxy groups -OCH3 is 1. The molecule has 8 heteroatoms. The molecule has 0 saturated carbocycles. The van der Waals surface area contributed by atoms with Gasteiger partial charge >= 0.3 is 0 Å². The summed E-state index contributed by atoms with van der Waals surface area (Å²) in [6.45, 7) is 3.24. The molecule has 0 bridgehead atoms. The number of thiocarbonyl (C=S) groups is 1. The molecule has 1 saturated heterocycles. The number of rotatable bonds is 10. The van der Waals surface area contributed by atoms with E-state index in [1.807, 2.05) is 48.2 Å². The molecule has 2 aromatic carbocycles. The summed E-state index contributed by atoms with van der Waals surface area (Å²) < 4.78 is 10.8. The second kappa shape index (κ2) is 10.9. The first-order chi connectivity index (χ1) is 15.4. The molecule has 1 fully saturated rings. The smallest absolute Gasteiger partial charge is 0.251 e. The Labute approximate surface area is 194 Å². The van der Waals surface area contributed by atoms with E-state index in [4.69, 9.17) is 21.7 Å². The summed E-state index contributed by atoms with van der Waals surface area (Å²) in [5.41, 5.74) is 1.76. The molecule has 1 unspecified atom stereocenters.